The third kappa shape index (κ3) is 3.83. The lowest BCUT2D eigenvalue weighted by Gasteiger charge is -2.34. The number of hydrogen-bond donors (Lipinski definition) is 2. The molecule has 0 bridgehead atoms. The molecule has 1 aromatic carbocycles. The average Bonchev–Trinajstić information content (AvgIpc) is 2.62. The van der Waals surface area contributed by atoms with Gasteiger partial charge in [-0.1, -0.05) is 0 Å². The zero-order chi connectivity index (χ0) is 18.9. The molecule has 2 N–H and O–H groups in total. The van der Waals surface area contributed by atoms with Gasteiger partial charge in [-0.25, -0.2) is 8.42 Å². The van der Waals surface area contributed by atoms with Gasteiger partial charge in [-0.3, -0.25) is 10.1 Å². The van der Waals surface area contributed by atoms with Crippen molar-refractivity contribution in [2.75, 3.05) is 71.4 Å². The number of hydrogen-bond acceptors (Lipinski definition) is 5. The van der Waals surface area contributed by atoms with E-state index >= 15 is 0 Å². The van der Waals surface area contributed by atoms with Crippen molar-refractivity contribution in [1.29, 1.82) is 0 Å². The minimum absolute atomic E-state index is 0.0609. The van der Waals surface area contributed by atoms with Gasteiger partial charge in [0.05, 0.1) is 77.1 Å². The van der Waals surface area contributed by atoms with E-state index in [1.807, 2.05) is 11.9 Å². The lowest BCUT2D eigenvalue weighted by Crippen LogP contribution is -3.12. The molecule has 3 rings (SSSR count). The third-order valence-electron chi connectivity index (χ3n) is 5.31. The number of anilines is 1. The summed E-state index contributed by atoms with van der Waals surface area (Å²) >= 11 is 0. The van der Waals surface area contributed by atoms with Crippen molar-refractivity contribution in [3.63, 3.8) is 0 Å². The second-order valence-corrected chi connectivity index (χ2v) is 9.12. The molecule has 0 saturated carbocycles. The van der Waals surface area contributed by atoms with E-state index in [1.165, 1.54) is 26.2 Å². The fourth-order valence-corrected chi connectivity index (χ4v) is 5.13. The number of nitro benzene ring substituents is 1. The van der Waals surface area contributed by atoms with Crippen LogP contribution in [0.3, 0.4) is 0 Å². The lowest BCUT2D eigenvalue weighted by molar-refractivity contribution is -0.883. The molecule has 2 fully saturated rings. The molecule has 10 heteroatoms. The van der Waals surface area contributed by atoms with Gasteiger partial charge < -0.3 is 14.7 Å². The van der Waals surface area contributed by atoms with Crippen molar-refractivity contribution in [1.82, 2.24) is 4.31 Å². The lowest BCUT2D eigenvalue weighted by atomic mass is 10.2. The number of quaternary nitrogens is 2. The summed E-state index contributed by atoms with van der Waals surface area (Å²) in [5, 5.41) is 11.2. The number of nitrogens with zero attached hydrogens (tertiary/aromatic N) is 3. The van der Waals surface area contributed by atoms with Crippen molar-refractivity contribution in [3.05, 3.63) is 28.3 Å². The first-order valence-corrected chi connectivity index (χ1v) is 10.4. The van der Waals surface area contributed by atoms with Gasteiger partial charge in [0.2, 0.25) is 10.0 Å². The first-order chi connectivity index (χ1) is 12.3. The summed E-state index contributed by atoms with van der Waals surface area (Å²) < 4.78 is 28.0. The van der Waals surface area contributed by atoms with Gasteiger partial charge >= 0.3 is 0 Å². The standard InChI is InChI=1S/C16H25N5O4S/c1-17-5-9-19(10-6-17)15-4-3-14(21(22)23)13-16(15)26(24,25)20-11-7-18(2)8-12-20/h3-4,13H,5-12H2,1-2H3/p+2. The van der Waals surface area contributed by atoms with E-state index in [2.05, 4.69) is 7.05 Å². The summed E-state index contributed by atoms with van der Waals surface area (Å²) in [6.45, 7) is 5.63. The highest BCUT2D eigenvalue weighted by molar-refractivity contribution is 7.89. The maximum Gasteiger partial charge on any atom is 0.270 e. The Labute approximate surface area is 154 Å². The number of nitrogens with one attached hydrogen (secondary N) is 2. The van der Waals surface area contributed by atoms with Gasteiger partial charge in [-0.15, -0.1) is 0 Å². The predicted octanol–water partition coefficient (Wildman–Crippen LogP) is -2.55. The van der Waals surface area contributed by atoms with E-state index in [-0.39, 0.29) is 10.6 Å². The van der Waals surface area contributed by atoms with Crippen LogP contribution in [0.5, 0.6) is 0 Å². The maximum absolute atomic E-state index is 13.3. The topological polar surface area (TPSA) is 92.6 Å². The Morgan fingerprint density at radius 2 is 1.54 bits per heavy atom. The number of piperazine rings is 2. The molecular weight excluding hydrogens is 358 g/mol. The van der Waals surface area contributed by atoms with Crippen LogP contribution in [0.4, 0.5) is 11.4 Å². The van der Waals surface area contributed by atoms with Crippen LogP contribution >= 0.6 is 0 Å². The van der Waals surface area contributed by atoms with Crippen LogP contribution in [0.15, 0.2) is 23.1 Å². The Balaban J connectivity index is 1.99. The zero-order valence-corrected chi connectivity index (χ0v) is 16.1. The first-order valence-electron chi connectivity index (χ1n) is 8.95. The molecule has 0 aliphatic carbocycles. The Morgan fingerprint density at radius 3 is 2.08 bits per heavy atom. The Morgan fingerprint density at radius 1 is 1.00 bits per heavy atom. The van der Waals surface area contributed by atoms with Crippen LogP contribution in [0.25, 0.3) is 0 Å². The molecule has 0 spiro atoms. The van der Waals surface area contributed by atoms with E-state index < -0.39 is 14.9 Å². The summed E-state index contributed by atoms with van der Waals surface area (Å²) in [5.74, 6) is 0. The van der Waals surface area contributed by atoms with E-state index in [1.54, 1.807) is 6.07 Å². The Bertz CT molecular complexity index is 769. The molecule has 0 atom stereocenters. The molecule has 2 saturated heterocycles. The first kappa shape index (κ1) is 19.0. The van der Waals surface area contributed by atoms with Gasteiger partial charge in [0, 0.05) is 12.1 Å². The minimum atomic E-state index is -3.77. The predicted molar refractivity (Wildman–Crippen MR) is 97.3 cm³/mol. The van der Waals surface area contributed by atoms with Gasteiger partial charge in [0.15, 0.2) is 0 Å². The Hall–Kier alpha value is -1.75. The average molecular weight is 385 g/mol. The molecule has 9 nitrogen and oxygen atoms in total. The smallest absolute Gasteiger partial charge is 0.270 e. The summed E-state index contributed by atoms with van der Waals surface area (Å²) in [4.78, 5) is 15.5. The highest BCUT2D eigenvalue weighted by atomic mass is 32.2. The van der Waals surface area contributed by atoms with Gasteiger partial charge in [-0.2, -0.15) is 4.31 Å². The molecule has 2 aliphatic heterocycles. The highest BCUT2D eigenvalue weighted by Gasteiger charge is 2.34. The largest absolute Gasteiger partial charge is 0.359 e. The van der Waals surface area contributed by atoms with Crippen LogP contribution < -0.4 is 14.7 Å². The van der Waals surface area contributed by atoms with E-state index in [0.717, 1.165) is 39.3 Å². The van der Waals surface area contributed by atoms with Gasteiger partial charge in [0.1, 0.15) is 4.90 Å². The maximum atomic E-state index is 13.3. The molecule has 144 valence electrons. The molecule has 0 amide bonds. The van der Waals surface area contributed by atoms with Crippen molar-refractivity contribution in [3.8, 4) is 0 Å². The number of sulfonamides is 1. The van der Waals surface area contributed by atoms with E-state index in [0.29, 0.717) is 18.8 Å². The van der Waals surface area contributed by atoms with Crippen LogP contribution in [-0.4, -0.2) is 84.1 Å². The molecule has 1 aromatic rings. The normalized spacial score (nSPS) is 21.1. The summed E-state index contributed by atoms with van der Waals surface area (Å²) in [6, 6.07) is 4.21. The number of nitro groups is 1. The summed E-state index contributed by atoms with van der Waals surface area (Å²) in [7, 11) is 0.378. The molecule has 0 unspecified atom stereocenters. The fourth-order valence-electron chi connectivity index (χ4n) is 3.46. The van der Waals surface area contributed by atoms with Gasteiger partial charge in [-0.05, 0) is 6.07 Å². The zero-order valence-electron chi connectivity index (χ0n) is 15.3. The number of non-ortho nitro benzene ring substituents is 1. The second kappa shape index (κ2) is 7.47. The third-order valence-corrected chi connectivity index (χ3v) is 7.23. The van der Waals surface area contributed by atoms with Crippen molar-refractivity contribution < 1.29 is 23.1 Å². The highest BCUT2D eigenvalue weighted by Crippen LogP contribution is 2.31. The van der Waals surface area contributed by atoms with Crippen molar-refractivity contribution in [2.45, 2.75) is 4.90 Å². The molecule has 0 radical (unpaired) electrons. The quantitative estimate of drug-likeness (QED) is 0.440. The van der Waals surface area contributed by atoms with Crippen molar-refractivity contribution in [2.24, 2.45) is 0 Å². The van der Waals surface area contributed by atoms with Crippen molar-refractivity contribution >= 4 is 21.4 Å². The van der Waals surface area contributed by atoms with E-state index in [9.17, 15) is 18.5 Å². The van der Waals surface area contributed by atoms with Gasteiger partial charge in [0.25, 0.3) is 5.69 Å². The fraction of sp³-hybridized carbons (Fsp3) is 0.625. The minimum Gasteiger partial charge on any atom is -0.359 e. The summed E-state index contributed by atoms with van der Waals surface area (Å²) in [5.41, 5.74) is 0.390. The van der Waals surface area contributed by atoms with Crippen LogP contribution in [0, 0.1) is 10.1 Å². The summed E-state index contributed by atoms with van der Waals surface area (Å²) in [6.07, 6.45) is 0. The van der Waals surface area contributed by atoms with Crippen LogP contribution in [0.1, 0.15) is 0 Å². The molecule has 0 aromatic heterocycles. The molecular formula is C16H27N5O4S+2. The van der Waals surface area contributed by atoms with Crippen LogP contribution in [0.2, 0.25) is 0 Å². The van der Waals surface area contributed by atoms with E-state index in [4.69, 9.17) is 0 Å². The molecule has 2 heterocycles. The van der Waals surface area contributed by atoms with Crippen LogP contribution in [-0.2, 0) is 10.0 Å². The monoisotopic (exact) mass is 385 g/mol. The second-order valence-electron chi connectivity index (χ2n) is 7.21. The number of benzene rings is 1. The SMILES string of the molecule is C[NH+]1CCN(c2ccc([N+](=O)[O-])cc2S(=O)(=O)N2CC[NH+](C)CC2)CC1. The molecule has 2 aliphatic rings. The number of rotatable bonds is 4. The Kier molecular flexibility index (Phi) is 5.47. The molecule has 26 heavy (non-hydrogen) atoms. The number of likely N-dealkylation sites (N-methyl/N-ethyl adjacent to an activating group) is 2.